The predicted octanol–water partition coefficient (Wildman–Crippen LogP) is 1.34. The first-order valence-corrected chi connectivity index (χ1v) is 12.9. The number of nitrogens with zero attached hydrogens (tertiary/aromatic N) is 4. The minimum absolute atomic E-state index is 0.00632. The molecule has 0 spiro atoms. The highest BCUT2D eigenvalue weighted by molar-refractivity contribution is 7.54. The number of aliphatic hydroxyl groups is 3. The number of hydrogen-bond donors (Lipinski definition) is 6. The van der Waals surface area contributed by atoms with E-state index in [4.69, 9.17) is 15.0 Å². The summed E-state index contributed by atoms with van der Waals surface area (Å²) in [4.78, 5) is 23.1. The Morgan fingerprint density at radius 1 is 1.24 bits per heavy atom. The molecule has 0 aromatic carbocycles. The molecule has 2 aromatic heterocycles. The lowest BCUT2D eigenvalue weighted by atomic mass is 9.93. The quantitative estimate of drug-likeness (QED) is 0.255. The molecule has 14 heteroatoms. The molecular formula is C20H35N6O7P. The SMILES string of the molecule is CCC(C)(CC1O[C@@H](n2cnc3c(NC)nc(N)nc32)[C@H](O)[C@@H]1O)OP(=O)(O)C(O)(CC)CC. The van der Waals surface area contributed by atoms with Gasteiger partial charge in [0.1, 0.15) is 12.2 Å². The molecule has 34 heavy (non-hydrogen) atoms. The lowest BCUT2D eigenvalue weighted by Gasteiger charge is -2.38. The van der Waals surface area contributed by atoms with E-state index in [9.17, 15) is 24.8 Å². The Hall–Kier alpha value is -1.86. The Labute approximate surface area is 197 Å². The largest absolute Gasteiger partial charge is 0.388 e. The monoisotopic (exact) mass is 502 g/mol. The van der Waals surface area contributed by atoms with Crippen LogP contribution in [0.2, 0.25) is 0 Å². The number of ether oxygens (including phenoxy) is 1. The van der Waals surface area contributed by atoms with Gasteiger partial charge in [-0.15, -0.1) is 0 Å². The van der Waals surface area contributed by atoms with Crippen molar-refractivity contribution in [1.29, 1.82) is 0 Å². The number of nitrogens with one attached hydrogen (secondary N) is 1. The maximum absolute atomic E-state index is 13.0. The molecule has 1 aliphatic heterocycles. The second-order valence-electron chi connectivity index (χ2n) is 8.86. The molecule has 2 aromatic rings. The Morgan fingerprint density at radius 2 is 1.88 bits per heavy atom. The molecule has 3 rings (SSSR count). The van der Waals surface area contributed by atoms with E-state index in [-0.39, 0.29) is 31.6 Å². The third-order valence-corrected chi connectivity index (χ3v) is 9.04. The molecule has 0 aliphatic carbocycles. The number of aromatic nitrogens is 4. The maximum atomic E-state index is 13.0. The Balaban J connectivity index is 1.87. The van der Waals surface area contributed by atoms with Gasteiger partial charge in [0, 0.05) is 13.5 Å². The van der Waals surface area contributed by atoms with E-state index in [0.29, 0.717) is 17.0 Å². The number of nitrogens with two attached hydrogens (primary N) is 1. The number of hydrogen-bond acceptors (Lipinski definition) is 11. The average Bonchev–Trinajstić information content (AvgIpc) is 3.33. The van der Waals surface area contributed by atoms with Gasteiger partial charge >= 0.3 is 7.60 Å². The molecule has 1 aliphatic rings. The molecule has 0 bridgehead atoms. The van der Waals surface area contributed by atoms with Crippen LogP contribution < -0.4 is 11.1 Å². The van der Waals surface area contributed by atoms with Crippen LogP contribution in [-0.4, -0.2) is 76.0 Å². The molecule has 7 N–H and O–H groups in total. The Morgan fingerprint density at radius 3 is 2.44 bits per heavy atom. The van der Waals surface area contributed by atoms with Gasteiger partial charge in [-0.1, -0.05) is 20.8 Å². The van der Waals surface area contributed by atoms with Gasteiger partial charge < -0.3 is 40.5 Å². The molecule has 3 heterocycles. The van der Waals surface area contributed by atoms with Gasteiger partial charge in [-0.2, -0.15) is 9.97 Å². The van der Waals surface area contributed by atoms with Crippen molar-refractivity contribution >= 4 is 30.5 Å². The first-order valence-electron chi connectivity index (χ1n) is 11.3. The van der Waals surface area contributed by atoms with Crippen molar-refractivity contribution in [3.05, 3.63) is 6.33 Å². The molecule has 0 saturated carbocycles. The third-order valence-electron chi connectivity index (χ3n) is 6.67. The fourth-order valence-electron chi connectivity index (χ4n) is 4.13. The highest BCUT2D eigenvalue weighted by atomic mass is 31.2. The number of anilines is 2. The zero-order chi connectivity index (χ0) is 25.5. The average molecular weight is 503 g/mol. The summed E-state index contributed by atoms with van der Waals surface area (Å²) in [6.45, 7) is 6.58. The molecule has 0 radical (unpaired) electrons. The van der Waals surface area contributed by atoms with Crippen LogP contribution >= 0.6 is 7.60 Å². The van der Waals surface area contributed by atoms with E-state index in [0.717, 1.165) is 0 Å². The van der Waals surface area contributed by atoms with Crippen molar-refractivity contribution in [3.63, 3.8) is 0 Å². The predicted molar refractivity (Wildman–Crippen MR) is 125 cm³/mol. The zero-order valence-electron chi connectivity index (χ0n) is 20.0. The molecule has 1 saturated heterocycles. The lowest BCUT2D eigenvalue weighted by molar-refractivity contribution is -0.0696. The highest BCUT2D eigenvalue weighted by Gasteiger charge is 2.51. The molecule has 0 amide bonds. The van der Waals surface area contributed by atoms with Crippen molar-refractivity contribution in [2.75, 3.05) is 18.1 Å². The van der Waals surface area contributed by atoms with Gasteiger partial charge in [0.05, 0.1) is 18.0 Å². The standard InChI is InChI=1S/C20H35N6O7P/c1-6-19(4,33-34(30,31)20(29,7-2)8-3)9-11-13(27)14(28)17(32-11)26-10-23-12-15(22-5)24-18(21)25-16(12)26/h10-11,13-14,17,27-29H,6-9H2,1-5H3,(H,30,31)(H3,21,22,24,25)/t11?,13-,14-,17-,19?/m1/s1. The second kappa shape index (κ2) is 9.65. The van der Waals surface area contributed by atoms with Crippen LogP contribution in [0.25, 0.3) is 11.2 Å². The minimum Gasteiger partial charge on any atom is -0.388 e. The normalized spacial score (nSPS) is 27.0. The van der Waals surface area contributed by atoms with Gasteiger partial charge in [0.2, 0.25) is 5.95 Å². The first kappa shape index (κ1) is 26.7. The van der Waals surface area contributed by atoms with Crippen molar-refractivity contribution in [2.45, 2.75) is 88.9 Å². The third kappa shape index (κ3) is 4.66. The Kier molecular flexibility index (Phi) is 7.59. The molecule has 192 valence electrons. The summed E-state index contributed by atoms with van der Waals surface area (Å²) >= 11 is 0. The van der Waals surface area contributed by atoms with Crippen LogP contribution in [0.4, 0.5) is 11.8 Å². The van der Waals surface area contributed by atoms with Gasteiger partial charge in [-0.05, 0) is 26.2 Å². The van der Waals surface area contributed by atoms with Gasteiger partial charge in [0.15, 0.2) is 28.6 Å². The van der Waals surface area contributed by atoms with Crippen LogP contribution in [-0.2, 0) is 13.8 Å². The highest BCUT2D eigenvalue weighted by Crippen LogP contribution is 2.60. The van der Waals surface area contributed by atoms with Gasteiger partial charge in [-0.3, -0.25) is 9.13 Å². The number of fused-ring (bicyclic) bond motifs is 1. The van der Waals surface area contributed by atoms with Crippen molar-refractivity contribution < 1.29 is 34.0 Å². The minimum atomic E-state index is -4.45. The van der Waals surface area contributed by atoms with Crippen LogP contribution in [0.15, 0.2) is 6.33 Å². The van der Waals surface area contributed by atoms with E-state index in [1.54, 1.807) is 34.7 Å². The van der Waals surface area contributed by atoms with Gasteiger partial charge in [0.25, 0.3) is 0 Å². The van der Waals surface area contributed by atoms with E-state index < -0.39 is 43.1 Å². The lowest BCUT2D eigenvalue weighted by Crippen LogP contribution is -2.40. The summed E-state index contributed by atoms with van der Waals surface area (Å²) in [5.74, 6) is 0.393. The second-order valence-corrected chi connectivity index (χ2v) is 10.9. The molecule has 6 atom stereocenters. The van der Waals surface area contributed by atoms with Crippen molar-refractivity contribution in [1.82, 2.24) is 19.5 Å². The first-order chi connectivity index (χ1) is 15.8. The van der Waals surface area contributed by atoms with Crippen molar-refractivity contribution in [2.24, 2.45) is 0 Å². The number of nitrogen functional groups attached to an aromatic ring is 1. The molecular weight excluding hydrogens is 467 g/mol. The van der Waals surface area contributed by atoms with Crippen molar-refractivity contribution in [3.8, 4) is 0 Å². The van der Waals surface area contributed by atoms with E-state index in [1.807, 2.05) is 0 Å². The van der Waals surface area contributed by atoms with E-state index in [2.05, 4.69) is 20.3 Å². The van der Waals surface area contributed by atoms with Crippen LogP contribution in [0.5, 0.6) is 0 Å². The summed E-state index contributed by atoms with van der Waals surface area (Å²) in [6, 6.07) is 0. The molecule has 13 nitrogen and oxygen atoms in total. The van der Waals surface area contributed by atoms with Gasteiger partial charge in [-0.25, -0.2) is 4.98 Å². The fourth-order valence-corrected chi connectivity index (χ4v) is 5.90. The molecule has 3 unspecified atom stereocenters. The number of aliphatic hydroxyl groups excluding tert-OH is 2. The smallest absolute Gasteiger partial charge is 0.359 e. The molecule has 1 fully saturated rings. The maximum Gasteiger partial charge on any atom is 0.359 e. The Bertz CT molecular complexity index is 1060. The summed E-state index contributed by atoms with van der Waals surface area (Å²) in [5.41, 5.74) is 5.27. The van der Waals surface area contributed by atoms with E-state index >= 15 is 0 Å². The summed E-state index contributed by atoms with van der Waals surface area (Å²) in [5, 5.41) is 33.1. The van der Waals surface area contributed by atoms with Crippen LogP contribution in [0, 0.1) is 0 Å². The number of rotatable bonds is 10. The summed E-state index contributed by atoms with van der Waals surface area (Å²) in [7, 11) is -2.79. The zero-order valence-corrected chi connectivity index (χ0v) is 20.9. The van der Waals surface area contributed by atoms with Crippen LogP contribution in [0.3, 0.4) is 0 Å². The fraction of sp³-hybridized carbons (Fsp3) is 0.750. The summed E-state index contributed by atoms with van der Waals surface area (Å²) in [6.07, 6.45) is -2.91. The van der Waals surface area contributed by atoms with Crippen LogP contribution in [0.1, 0.15) is 59.6 Å². The van der Waals surface area contributed by atoms with E-state index in [1.165, 1.54) is 10.9 Å². The topological polar surface area (TPSA) is 198 Å². The number of imidazole rings is 1. The summed E-state index contributed by atoms with van der Waals surface area (Å²) < 4.78 is 26.0.